The van der Waals surface area contributed by atoms with Crippen LogP contribution in [0.1, 0.15) is 60.8 Å². The van der Waals surface area contributed by atoms with E-state index < -0.39 is 0 Å². The maximum absolute atomic E-state index is 12.1. The van der Waals surface area contributed by atoms with Crippen LogP contribution in [-0.2, 0) is 4.79 Å². The van der Waals surface area contributed by atoms with E-state index in [4.69, 9.17) is 0 Å². The van der Waals surface area contributed by atoms with Gasteiger partial charge in [0.05, 0.1) is 0 Å². The highest BCUT2D eigenvalue weighted by Gasteiger charge is 2.31. The van der Waals surface area contributed by atoms with E-state index in [0.29, 0.717) is 12.1 Å². The van der Waals surface area contributed by atoms with Gasteiger partial charge in [0, 0.05) is 30.6 Å². The first kappa shape index (κ1) is 16.5. The molecule has 0 aromatic carbocycles. The number of carbonyl (C=O) groups excluding carboxylic acids is 1. The summed E-state index contributed by atoms with van der Waals surface area (Å²) in [6, 6.07) is 0.883. The summed E-state index contributed by atoms with van der Waals surface area (Å²) in [7, 11) is 0. The van der Waals surface area contributed by atoms with Crippen molar-refractivity contribution in [2.45, 2.75) is 72.9 Å². The largest absolute Gasteiger partial charge is 0.352 e. The monoisotopic (exact) mass is 268 g/mol. The molecule has 1 N–H and O–H groups in total. The second kappa shape index (κ2) is 6.74. The quantitative estimate of drug-likeness (QED) is 0.850. The maximum atomic E-state index is 12.1. The summed E-state index contributed by atoms with van der Waals surface area (Å²) < 4.78 is 0. The minimum absolute atomic E-state index is 0.179. The van der Waals surface area contributed by atoms with Gasteiger partial charge in [-0.1, -0.05) is 34.1 Å². The lowest BCUT2D eigenvalue weighted by atomic mass is 9.88. The third kappa shape index (κ3) is 5.13. The van der Waals surface area contributed by atoms with Gasteiger partial charge in [-0.2, -0.15) is 0 Å². The predicted octanol–water partition coefficient (Wildman–Crippen LogP) is 3.05. The van der Waals surface area contributed by atoms with E-state index in [0.717, 1.165) is 18.9 Å². The molecule has 1 aliphatic rings. The number of amides is 1. The van der Waals surface area contributed by atoms with Gasteiger partial charge in [-0.15, -0.1) is 0 Å². The summed E-state index contributed by atoms with van der Waals surface area (Å²) >= 11 is 0. The number of carbonyl (C=O) groups is 1. The van der Waals surface area contributed by atoms with Gasteiger partial charge in [0.15, 0.2) is 0 Å². The molecule has 1 amide bonds. The lowest BCUT2D eigenvalue weighted by Gasteiger charge is -2.41. The Morgan fingerprint density at radius 2 is 1.95 bits per heavy atom. The number of likely N-dealkylation sites (tertiary alicyclic amines) is 1. The molecule has 0 radical (unpaired) electrons. The van der Waals surface area contributed by atoms with Crippen LogP contribution in [0.4, 0.5) is 0 Å². The van der Waals surface area contributed by atoms with Crippen LogP contribution < -0.4 is 5.32 Å². The van der Waals surface area contributed by atoms with Crippen molar-refractivity contribution in [1.82, 2.24) is 10.2 Å². The SMILES string of the molecule is CCCC1CC(NC(=O)C(C)(C)C)CN(C(C)C)C1. The molecule has 3 nitrogen and oxygen atoms in total. The highest BCUT2D eigenvalue weighted by atomic mass is 16.2. The van der Waals surface area contributed by atoms with Crippen molar-refractivity contribution in [3.63, 3.8) is 0 Å². The van der Waals surface area contributed by atoms with Gasteiger partial charge in [0.25, 0.3) is 0 Å². The van der Waals surface area contributed by atoms with Gasteiger partial charge >= 0.3 is 0 Å². The lowest BCUT2D eigenvalue weighted by Crippen LogP contribution is -2.54. The van der Waals surface area contributed by atoms with Crippen molar-refractivity contribution in [1.29, 1.82) is 0 Å². The van der Waals surface area contributed by atoms with Gasteiger partial charge in [-0.3, -0.25) is 9.69 Å². The Labute approximate surface area is 119 Å². The Morgan fingerprint density at radius 3 is 2.42 bits per heavy atom. The number of piperidine rings is 1. The smallest absolute Gasteiger partial charge is 0.225 e. The Bertz CT molecular complexity index is 294. The normalized spacial score (nSPS) is 25.6. The average molecular weight is 268 g/mol. The Balaban J connectivity index is 2.63. The van der Waals surface area contributed by atoms with Crippen LogP contribution in [0.15, 0.2) is 0 Å². The van der Waals surface area contributed by atoms with Gasteiger partial charge in [-0.25, -0.2) is 0 Å². The van der Waals surface area contributed by atoms with E-state index in [1.165, 1.54) is 19.4 Å². The molecular formula is C16H32N2O. The van der Waals surface area contributed by atoms with E-state index in [2.05, 4.69) is 31.0 Å². The van der Waals surface area contributed by atoms with Crippen LogP contribution in [0.5, 0.6) is 0 Å². The standard InChI is InChI=1S/C16H32N2O/c1-7-8-13-9-14(11-18(10-13)12(2)3)17-15(19)16(4,5)6/h12-14H,7-11H2,1-6H3,(H,17,19). The molecule has 2 atom stereocenters. The zero-order valence-corrected chi connectivity index (χ0v) is 13.6. The van der Waals surface area contributed by atoms with Crippen molar-refractivity contribution >= 4 is 5.91 Å². The number of nitrogens with one attached hydrogen (secondary N) is 1. The van der Waals surface area contributed by atoms with E-state index >= 15 is 0 Å². The molecule has 1 aliphatic heterocycles. The molecule has 112 valence electrons. The highest BCUT2D eigenvalue weighted by molar-refractivity contribution is 5.81. The molecule has 0 bridgehead atoms. The van der Waals surface area contributed by atoms with Crippen LogP contribution in [0, 0.1) is 11.3 Å². The van der Waals surface area contributed by atoms with Gasteiger partial charge in [-0.05, 0) is 32.6 Å². The highest BCUT2D eigenvalue weighted by Crippen LogP contribution is 2.24. The molecule has 1 fully saturated rings. The van der Waals surface area contributed by atoms with Crippen LogP contribution in [0.25, 0.3) is 0 Å². The molecule has 0 aromatic rings. The third-order valence-corrected chi connectivity index (χ3v) is 4.01. The van der Waals surface area contributed by atoms with Crippen LogP contribution in [-0.4, -0.2) is 36.0 Å². The lowest BCUT2D eigenvalue weighted by molar-refractivity contribution is -0.129. The summed E-state index contributed by atoms with van der Waals surface area (Å²) in [5.41, 5.74) is -0.291. The topological polar surface area (TPSA) is 32.3 Å². The van der Waals surface area contributed by atoms with Crippen molar-refractivity contribution in [3.05, 3.63) is 0 Å². The summed E-state index contributed by atoms with van der Waals surface area (Å²) in [5.74, 6) is 0.907. The summed E-state index contributed by atoms with van der Waals surface area (Å²) in [6.45, 7) is 14.9. The fourth-order valence-electron chi connectivity index (χ4n) is 2.79. The van der Waals surface area contributed by atoms with Crippen molar-refractivity contribution in [3.8, 4) is 0 Å². The summed E-state index contributed by atoms with van der Waals surface area (Å²) in [4.78, 5) is 14.7. The zero-order valence-electron chi connectivity index (χ0n) is 13.6. The van der Waals surface area contributed by atoms with Gasteiger partial charge < -0.3 is 5.32 Å². The van der Waals surface area contributed by atoms with Crippen molar-refractivity contribution < 1.29 is 4.79 Å². The maximum Gasteiger partial charge on any atom is 0.225 e. The van der Waals surface area contributed by atoms with Crippen molar-refractivity contribution in [2.75, 3.05) is 13.1 Å². The minimum Gasteiger partial charge on any atom is -0.352 e. The first-order valence-corrected chi connectivity index (χ1v) is 7.79. The molecule has 0 saturated carbocycles. The second-order valence-corrected chi connectivity index (χ2v) is 7.36. The number of nitrogens with zero attached hydrogens (tertiary/aromatic N) is 1. The molecule has 0 spiro atoms. The summed E-state index contributed by atoms with van der Waals surface area (Å²) in [6.07, 6.45) is 3.64. The molecule has 3 heteroatoms. The minimum atomic E-state index is -0.291. The fraction of sp³-hybridized carbons (Fsp3) is 0.938. The Morgan fingerprint density at radius 1 is 1.32 bits per heavy atom. The van der Waals surface area contributed by atoms with E-state index in [1.54, 1.807) is 0 Å². The number of rotatable bonds is 4. The second-order valence-electron chi connectivity index (χ2n) is 7.36. The first-order chi connectivity index (χ1) is 8.74. The molecule has 1 heterocycles. The Kier molecular flexibility index (Phi) is 5.84. The first-order valence-electron chi connectivity index (χ1n) is 7.79. The molecule has 2 unspecified atom stereocenters. The fourth-order valence-corrected chi connectivity index (χ4v) is 2.79. The average Bonchev–Trinajstić information content (AvgIpc) is 2.27. The molecule has 0 aliphatic carbocycles. The molecule has 0 aromatic heterocycles. The van der Waals surface area contributed by atoms with E-state index in [1.807, 2.05) is 20.8 Å². The van der Waals surface area contributed by atoms with E-state index in [-0.39, 0.29) is 11.3 Å². The molecular weight excluding hydrogens is 236 g/mol. The van der Waals surface area contributed by atoms with Gasteiger partial charge in [0.1, 0.15) is 0 Å². The van der Waals surface area contributed by atoms with E-state index in [9.17, 15) is 4.79 Å². The number of hydrogen-bond donors (Lipinski definition) is 1. The molecule has 1 rings (SSSR count). The molecule has 19 heavy (non-hydrogen) atoms. The Hall–Kier alpha value is -0.570. The summed E-state index contributed by atoms with van der Waals surface area (Å²) in [5, 5.41) is 3.25. The third-order valence-electron chi connectivity index (χ3n) is 4.01. The van der Waals surface area contributed by atoms with Crippen molar-refractivity contribution in [2.24, 2.45) is 11.3 Å². The number of hydrogen-bond acceptors (Lipinski definition) is 2. The van der Waals surface area contributed by atoms with Gasteiger partial charge in [0.2, 0.25) is 5.91 Å². The molecule has 1 saturated heterocycles. The predicted molar refractivity (Wildman–Crippen MR) is 81.1 cm³/mol. The van der Waals surface area contributed by atoms with Crippen LogP contribution in [0.3, 0.4) is 0 Å². The van der Waals surface area contributed by atoms with Crippen LogP contribution in [0.2, 0.25) is 0 Å². The zero-order chi connectivity index (χ0) is 14.6. The van der Waals surface area contributed by atoms with Crippen LogP contribution >= 0.6 is 0 Å².